The van der Waals surface area contributed by atoms with Gasteiger partial charge in [-0.2, -0.15) is 5.10 Å². The molecule has 1 fully saturated rings. The second-order valence-electron chi connectivity index (χ2n) is 9.00. The fourth-order valence-electron chi connectivity index (χ4n) is 4.61. The number of ether oxygens (including phenoxy) is 2. The molecule has 0 aliphatic carbocycles. The second-order valence-corrected chi connectivity index (χ2v) is 9.00. The van der Waals surface area contributed by atoms with Gasteiger partial charge in [0.25, 0.3) is 0 Å². The molecule has 0 bridgehead atoms. The lowest BCUT2D eigenvalue weighted by Crippen LogP contribution is -2.45. The highest BCUT2D eigenvalue weighted by molar-refractivity contribution is 5.91. The van der Waals surface area contributed by atoms with E-state index in [4.69, 9.17) is 14.6 Å². The number of benzene rings is 3. The Morgan fingerprint density at radius 3 is 2.16 bits per heavy atom. The number of carbonyl (C=O) groups excluding carboxylic acids is 1. The molecule has 0 unspecified atom stereocenters. The Kier molecular flexibility index (Phi) is 8.06. The predicted molar refractivity (Wildman–Crippen MR) is 148 cm³/mol. The van der Waals surface area contributed by atoms with E-state index in [0.717, 1.165) is 31.7 Å². The molecule has 0 radical (unpaired) electrons. The first-order valence-electron chi connectivity index (χ1n) is 12.6. The van der Waals surface area contributed by atoms with Crippen LogP contribution in [0.25, 0.3) is 0 Å². The smallest absolute Gasteiger partial charge is 0.345 e. The van der Waals surface area contributed by atoms with Crippen LogP contribution in [0.4, 0.5) is 0 Å². The van der Waals surface area contributed by atoms with Crippen molar-refractivity contribution < 1.29 is 14.3 Å². The van der Waals surface area contributed by atoms with Gasteiger partial charge in [0.2, 0.25) is 0 Å². The lowest BCUT2D eigenvalue weighted by Gasteiger charge is -2.38. The van der Waals surface area contributed by atoms with Gasteiger partial charge in [-0.1, -0.05) is 60.7 Å². The third-order valence-electron chi connectivity index (χ3n) is 6.54. The van der Waals surface area contributed by atoms with E-state index >= 15 is 0 Å². The molecule has 0 spiro atoms. The highest BCUT2D eigenvalue weighted by Crippen LogP contribution is 2.30. The summed E-state index contributed by atoms with van der Waals surface area (Å²) in [6.45, 7) is 3.45. The quantitative estimate of drug-likeness (QED) is 0.189. The number of methoxy groups -OCH3 is 1. The van der Waals surface area contributed by atoms with Gasteiger partial charge in [0.15, 0.2) is 11.5 Å². The van der Waals surface area contributed by atoms with Crippen LogP contribution in [0.15, 0.2) is 108 Å². The number of pyridine rings is 1. The number of hydrogen-bond acceptors (Lipinski definition) is 7. The van der Waals surface area contributed by atoms with E-state index in [1.165, 1.54) is 17.3 Å². The first-order valence-corrected chi connectivity index (χ1v) is 12.6. The third-order valence-corrected chi connectivity index (χ3v) is 6.54. The molecule has 7 heteroatoms. The Hall–Kier alpha value is -4.49. The maximum Gasteiger partial charge on any atom is 0.345 e. The minimum Gasteiger partial charge on any atom is -0.493 e. The minimum atomic E-state index is -0.486. The van der Waals surface area contributed by atoms with Gasteiger partial charge in [0.05, 0.1) is 24.9 Å². The minimum absolute atomic E-state index is 0.217. The number of hydrogen-bond donors (Lipinski definition) is 0. The third kappa shape index (κ3) is 6.07. The van der Waals surface area contributed by atoms with Crippen molar-refractivity contribution in [1.29, 1.82) is 0 Å². The van der Waals surface area contributed by atoms with Crippen molar-refractivity contribution in [2.75, 3.05) is 33.3 Å². The second kappa shape index (κ2) is 12.2. The topological polar surface area (TPSA) is 67.3 Å². The molecular weight excluding hydrogens is 476 g/mol. The summed E-state index contributed by atoms with van der Waals surface area (Å²) in [6, 6.07) is 30.3. The van der Waals surface area contributed by atoms with Gasteiger partial charge in [-0.05, 0) is 47.0 Å². The van der Waals surface area contributed by atoms with Crippen LogP contribution in [0.3, 0.4) is 0 Å². The van der Waals surface area contributed by atoms with Gasteiger partial charge < -0.3 is 9.47 Å². The highest BCUT2D eigenvalue weighted by Gasteiger charge is 2.25. The maximum atomic E-state index is 12.4. The van der Waals surface area contributed by atoms with Crippen LogP contribution in [0.5, 0.6) is 11.5 Å². The number of rotatable bonds is 8. The largest absolute Gasteiger partial charge is 0.493 e. The monoisotopic (exact) mass is 506 g/mol. The summed E-state index contributed by atoms with van der Waals surface area (Å²) in [7, 11) is 1.55. The lowest BCUT2D eigenvalue weighted by molar-refractivity contribution is 0.0729. The average molecular weight is 507 g/mol. The summed E-state index contributed by atoms with van der Waals surface area (Å²) in [5.74, 6) is 0.324. The zero-order valence-corrected chi connectivity index (χ0v) is 21.3. The van der Waals surface area contributed by atoms with E-state index in [9.17, 15) is 4.79 Å². The van der Waals surface area contributed by atoms with Crippen molar-refractivity contribution in [2.45, 2.75) is 6.04 Å². The average Bonchev–Trinajstić information content (AvgIpc) is 2.99. The number of piperazine rings is 1. The molecule has 5 rings (SSSR count). The Labute approximate surface area is 223 Å². The summed E-state index contributed by atoms with van der Waals surface area (Å²) < 4.78 is 11.0. The van der Waals surface area contributed by atoms with Crippen molar-refractivity contribution in [1.82, 2.24) is 14.9 Å². The van der Waals surface area contributed by atoms with Crippen LogP contribution >= 0.6 is 0 Å². The molecule has 1 saturated heterocycles. The van der Waals surface area contributed by atoms with Crippen molar-refractivity contribution >= 4 is 12.2 Å². The van der Waals surface area contributed by atoms with Crippen molar-refractivity contribution in [3.63, 3.8) is 0 Å². The zero-order chi connectivity index (χ0) is 26.2. The molecule has 2 heterocycles. The van der Waals surface area contributed by atoms with Gasteiger partial charge in [-0.15, -0.1) is 0 Å². The number of hydrazone groups is 1. The molecule has 1 aliphatic rings. The summed E-state index contributed by atoms with van der Waals surface area (Å²) in [5.41, 5.74) is 3.83. The van der Waals surface area contributed by atoms with Crippen LogP contribution < -0.4 is 9.47 Å². The molecule has 3 aromatic carbocycles. The molecule has 192 valence electrons. The molecule has 0 N–H and O–H groups in total. The van der Waals surface area contributed by atoms with Crippen molar-refractivity contribution in [3.05, 3.63) is 126 Å². The number of carbonyl (C=O) groups is 1. The number of nitrogens with zero attached hydrogens (tertiary/aromatic N) is 4. The summed E-state index contributed by atoms with van der Waals surface area (Å²) >= 11 is 0. The maximum absolute atomic E-state index is 12.4. The van der Waals surface area contributed by atoms with Crippen LogP contribution in [0, 0.1) is 0 Å². The van der Waals surface area contributed by atoms with Gasteiger partial charge >= 0.3 is 5.97 Å². The van der Waals surface area contributed by atoms with Crippen LogP contribution in [-0.4, -0.2) is 60.4 Å². The molecule has 1 aromatic heterocycles. The van der Waals surface area contributed by atoms with Gasteiger partial charge in [0.1, 0.15) is 0 Å². The number of esters is 1. The lowest BCUT2D eigenvalue weighted by atomic mass is 9.96. The zero-order valence-electron chi connectivity index (χ0n) is 21.3. The Bertz CT molecular complexity index is 1320. The Morgan fingerprint density at radius 2 is 1.55 bits per heavy atom. The molecule has 0 saturated carbocycles. The normalized spacial score (nSPS) is 14.1. The summed E-state index contributed by atoms with van der Waals surface area (Å²) in [4.78, 5) is 18.9. The van der Waals surface area contributed by atoms with Crippen molar-refractivity contribution in [3.8, 4) is 11.5 Å². The fourth-order valence-corrected chi connectivity index (χ4v) is 4.61. The SMILES string of the molecule is COc1cc(/C=N/N2CCN(C(c3ccccc3)c3ccccc3)CC2)ccc1OC(=O)c1cccnc1. The highest BCUT2D eigenvalue weighted by atomic mass is 16.6. The van der Waals surface area contributed by atoms with Gasteiger partial charge in [-0.25, -0.2) is 4.79 Å². The fraction of sp³-hybridized carbons (Fsp3) is 0.194. The molecule has 1 aliphatic heterocycles. The number of aromatic nitrogens is 1. The molecular formula is C31H30N4O3. The summed E-state index contributed by atoms with van der Waals surface area (Å²) in [6.07, 6.45) is 4.89. The van der Waals surface area contributed by atoms with Crippen LogP contribution in [0.2, 0.25) is 0 Å². The summed E-state index contributed by atoms with van der Waals surface area (Å²) in [5, 5.41) is 6.81. The Balaban J connectivity index is 1.23. The standard InChI is InChI=1S/C31H30N4O3/c1-37-29-21-24(14-15-28(29)38-31(36)27-13-8-16-32-23-27)22-33-35-19-17-34(18-20-35)30(25-9-4-2-5-10-25)26-11-6-3-7-12-26/h2-16,21-23,30H,17-20H2,1H3/b33-22+. The van der Waals surface area contributed by atoms with Gasteiger partial charge in [0, 0.05) is 38.6 Å². The van der Waals surface area contributed by atoms with E-state index in [0.29, 0.717) is 17.1 Å². The van der Waals surface area contributed by atoms with E-state index < -0.39 is 5.97 Å². The van der Waals surface area contributed by atoms with E-state index in [-0.39, 0.29) is 6.04 Å². The molecule has 4 aromatic rings. The van der Waals surface area contributed by atoms with Crippen molar-refractivity contribution in [2.24, 2.45) is 5.10 Å². The van der Waals surface area contributed by atoms with Crippen LogP contribution in [-0.2, 0) is 0 Å². The Morgan fingerprint density at radius 1 is 0.868 bits per heavy atom. The predicted octanol–water partition coefficient (Wildman–Crippen LogP) is 5.05. The molecule has 38 heavy (non-hydrogen) atoms. The van der Waals surface area contributed by atoms with E-state index in [1.54, 1.807) is 31.5 Å². The van der Waals surface area contributed by atoms with E-state index in [2.05, 4.69) is 75.6 Å². The van der Waals surface area contributed by atoms with Crippen LogP contribution in [0.1, 0.15) is 33.1 Å². The first-order chi connectivity index (χ1) is 18.7. The van der Waals surface area contributed by atoms with E-state index in [1.807, 2.05) is 18.3 Å². The molecule has 0 amide bonds. The first kappa shape index (κ1) is 25.2. The van der Waals surface area contributed by atoms with Gasteiger partial charge in [-0.3, -0.25) is 14.9 Å². The molecule has 7 nitrogen and oxygen atoms in total. The molecule has 0 atom stereocenters.